The summed E-state index contributed by atoms with van der Waals surface area (Å²) in [6.45, 7) is 3.16. The molecule has 1 spiro atoms. The SMILES string of the molecule is CC(N1CNC2(CC2)C1=O)C12CC3CC(CC(C3)C1)C2. The number of rotatable bonds is 2. The maximum absolute atomic E-state index is 12.7. The van der Waals surface area contributed by atoms with Gasteiger partial charge in [0.05, 0.1) is 12.2 Å². The second-order valence-corrected chi connectivity index (χ2v) is 8.65. The Hall–Kier alpha value is -0.570. The summed E-state index contributed by atoms with van der Waals surface area (Å²) in [6, 6.07) is 0.455. The monoisotopic (exact) mass is 274 g/mol. The van der Waals surface area contributed by atoms with Crippen molar-refractivity contribution in [1.29, 1.82) is 0 Å². The van der Waals surface area contributed by atoms with E-state index >= 15 is 0 Å². The van der Waals surface area contributed by atoms with E-state index in [0.717, 1.165) is 37.3 Å². The van der Waals surface area contributed by atoms with Gasteiger partial charge in [0.1, 0.15) is 0 Å². The number of carbonyl (C=O) groups is 1. The first-order valence-corrected chi connectivity index (χ1v) is 8.66. The van der Waals surface area contributed by atoms with Gasteiger partial charge in [-0.2, -0.15) is 0 Å². The first-order chi connectivity index (χ1) is 9.60. The molecule has 3 nitrogen and oxygen atoms in total. The molecule has 5 saturated carbocycles. The minimum atomic E-state index is -0.115. The molecular weight excluding hydrogens is 248 g/mol. The van der Waals surface area contributed by atoms with Gasteiger partial charge < -0.3 is 4.90 Å². The van der Waals surface area contributed by atoms with E-state index in [2.05, 4.69) is 17.1 Å². The van der Waals surface area contributed by atoms with Crippen molar-refractivity contribution in [2.45, 2.75) is 69.9 Å². The highest BCUT2D eigenvalue weighted by Gasteiger charge is 2.60. The van der Waals surface area contributed by atoms with Gasteiger partial charge in [0.2, 0.25) is 5.91 Å². The van der Waals surface area contributed by atoms with E-state index in [1.807, 2.05) is 0 Å². The van der Waals surface area contributed by atoms with E-state index in [4.69, 9.17) is 0 Å². The van der Waals surface area contributed by atoms with Gasteiger partial charge in [0.25, 0.3) is 0 Å². The second-order valence-electron chi connectivity index (χ2n) is 8.65. The third-order valence-electron chi connectivity index (χ3n) is 7.45. The van der Waals surface area contributed by atoms with E-state index in [-0.39, 0.29) is 5.54 Å². The van der Waals surface area contributed by atoms with Crippen LogP contribution in [0.5, 0.6) is 0 Å². The molecule has 20 heavy (non-hydrogen) atoms. The molecule has 0 aromatic carbocycles. The lowest BCUT2D eigenvalue weighted by molar-refractivity contribution is -0.141. The highest BCUT2D eigenvalue weighted by Crippen LogP contribution is 2.62. The molecule has 0 radical (unpaired) electrons. The molecular formula is C17H26N2O. The largest absolute Gasteiger partial charge is 0.325 e. The predicted octanol–water partition coefficient (Wildman–Crippen LogP) is 2.51. The van der Waals surface area contributed by atoms with Crippen molar-refractivity contribution in [3.8, 4) is 0 Å². The Labute approximate surface area is 121 Å². The maximum Gasteiger partial charge on any atom is 0.244 e. The zero-order valence-corrected chi connectivity index (χ0v) is 12.5. The van der Waals surface area contributed by atoms with Gasteiger partial charge >= 0.3 is 0 Å². The summed E-state index contributed by atoms with van der Waals surface area (Å²) in [6.07, 6.45) is 10.8. The molecule has 6 rings (SSSR count). The number of amides is 1. The van der Waals surface area contributed by atoms with Crippen LogP contribution in [0, 0.1) is 23.2 Å². The van der Waals surface area contributed by atoms with Crippen molar-refractivity contribution in [3.63, 3.8) is 0 Å². The summed E-state index contributed by atoms with van der Waals surface area (Å²) in [5.74, 6) is 3.35. The van der Waals surface area contributed by atoms with E-state index in [9.17, 15) is 4.79 Å². The Morgan fingerprint density at radius 3 is 2.10 bits per heavy atom. The second kappa shape index (κ2) is 3.60. The van der Waals surface area contributed by atoms with E-state index in [0.29, 0.717) is 17.4 Å². The summed E-state index contributed by atoms with van der Waals surface area (Å²) in [5, 5.41) is 3.50. The fraction of sp³-hybridized carbons (Fsp3) is 0.941. The van der Waals surface area contributed by atoms with Crippen LogP contribution in [0.3, 0.4) is 0 Å². The topological polar surface area (TPSA) is 32.3 Å². The molecule has 0 aromatic heterocycles. The van der Waals surface area contributed by atoms with E-state index < -0.39 is 0 Å². The molecule has 6 aliphatic rings. The lowest BCUT2D eigenvalue weighted by Crippen LogP contribution is -2.56. The third-order valence-corrected chi connectivity index (χ3v) is 7.45. The average molecular weight is 274 g/mol. The van der Waals surface area contributed by atoms with Crippen molar-refractivity contribution in [1.82, 2.24) is 10.2 Å². The van der Waals surface area contributed by atoms with Crippen molar-refractivity contribution in [3.05, 3.63) is 0 Å². The van der Waals surface area contributed by atoms with Gasteiger partial charge in [0.15, 0.2) is 0 Å². The molecule has 1 heterocycles. The Balaban J connectivity index is 1.43. The average Bonchev–Trinajstić information content (AvgIpc) is 3.11. The minimum absolute atomic E-state index is 0.115. The maximum atomic E-state index is 12.7. The van der Waals surface area contributed by atoms with Crippen LogP contribution in [0.25, 0.3) is 0 Å². The quantitative estimate of drug-likeness (QED) is 0.839. The number of hydrogen-bond donors (Lipinski definition) is 1. The molecule has 1 amide bonds. The van der Waals surface area contributed by atoms with Crippen LogP contribution in [0.2, 0.25) is 0 Å². The number of hydrogen-bond acceptors (Lipinski definition) is 2. The smallest absolute Gasteiger partial charge is 0.244 e. The van der Waals surface area contributed by atoms with Crippen LogP contribution in [-0.2, 0) is 4.79 Å². The van der Waals surface area contributed by atoms with Gasteiger partial charge in [0, 0.05) is 6.04 Å². The van der Waals surface area contributed by atoms with Crippen molar-refractivity contribution in [2.24, 2.45) is 23.2 Å². The van der Waals surface area contributed by atoms with Crippen LogP contribution in [0.4, 0.5) is 0 Å². The van der Waals surface area contributed by atoms with Crippen molar-refractivity contribution in [2.75, 3.05) is 6.67 Å². The fourth-order valence-electron chi connectivity index (χ4n) is 6.51. The summed E-state index contributed by atoms with van der Waals surface area (Å²) in [7, 11) is 0. The summed E-state index contributed by atoms with van der Waals surface area (Å²) in [5.41, 5.74) is 0.350. The van der Waals surface area contributed by atoms with Crippen LogP contribution in [-0.4, -0.2) is 29.1 Å². The molecule has 1 aliphatic heterocycles. The molecule has 6 fully saturated rings. The molecule has 1 atom stereocenters. The lowest BCUT2D eigenvalue weighted by Gasteiger charge is -2.60. The van der Waals surface area contributed by atoms with Gasteiger partial charge in [-0.05, 0) is 81.5 Å². The fourth-order valence-corrected chi connectivity index (χ4v) is 6.51. The number of carbonyl (C=O) groups excluding carboxylic acids is 1. The molecule has 0 aromatic rings. The van der Waals surface area contributed by atoms with E-state index in [1.165, 1.54) is 38.5 Å². The molecule has 3 heteroatoms. The van der Waals surface area contributed by atoms with E-state index in [1.54, 1.807) is 0 Å². The number of nitrogens with one attached hydrogen (secondary N) is 1. The molecule has 1 N–H and O–H groups in total. The zero-order valence-electron chi connectivity index (χ0n) is 12.5. The molecule has 4 bridgehead atoms. The summed E-state index contributed by atoms with van der Waals surface area (Å²) >= 11 is 0. The summed E-state index contributed by atoms with van der Waals surface area (Å²) in [4.78, 5) is 14.9. The Morgan fingerprint density at radius 2 is 1.65 bits per heavy atom. The van der Waals surface area contributed by atoms with Crippen LogP contribution in [0.15, 0.2) is 0 Å². The summed E-state index contributed by atoms with van der Waals surface area (Å²) < 4.78 is 0. The Kier molecular flexibility index (Phi) is 2.16. The third kappa shape index (κ3) is 1.43. The Morgan fingerprint density at radius 1 is 1.10 bits per heavy atom. The van der Waals surface area contributed by atoms with Crippen LogP contribution >= 0.6 is 0 Å². The van der Waals surface area contributed by atoms with Gasteiger partial charge in [-0.15, -0.1) is 0 Å². The molecule has 1 unspecified atom stereocenters. The Bertz CT molecular complexity index is 432. The highest BCUT2D eigenvalue weighted by molar-refractivity contribution is 5.91. The highest BCUT2D eigenvalue weighted by atomic mass is 16.2. The van der Waals surface area contributed by atoms with Crippen LogP contribution in [0.1, 0.15) is 58.3 Å². The zero-order chi connectivity index (χ0) is 13.5. The molecule has 1 saturated heterocycles. The standard InChI is InChI=1S/C17H26N2O/c1-11(19-10-18-17(2-3-17)15(19)20)16-7-12-4-13(8-16)6-14(5-12)9-16/h11-14,18H,2-10H2,1H3. The molecule has 110 valence electrons. The van der Waals surface area contributed by atoms with Crippen molar-refractivity contribution >= 4 is 5.91 Å². The molecule has 5 aliphatic carbocycles. The first-order valence-electron chi connectivity index (χ1n) is 8.66. The van der Waals surface area contributed by atoms with Gasteiger partial charge in [-0.3, -0.25) is 10.1 Å². The van der Waals surface area contributed by atoms with Crippen LogP contribution < -0.4 is 5.32 Å². The van der Waals surface area contributed by atoms with Gasteiger partial charge in [-0.25, -0.2) is 0 Å². The lowest BCUT2D eigenvalue weighted by atomic mass is 9.47. The van der Waals surface area contributed by atoms with Crippen molar-refractivity contribution < 1.29 is 4.79 Å². The minimum Gasteiger partial charge on any atom is -0.325 e. The first kappa shape index (κ1) is 12.0. The normalized spacial score (nSPS) is 49.1. The van der Waals surface area contributed by atoms with Gasteiger partial charge in [-0.1, -0.05) is 0 Å². The predicted molar refractivity (Wildman–Crippen MR) is 76.9 cm³/mol. The number of nitrogens with zero attached hydrogens (tertiary/aromatic N) is 1.